The summed E-state index contributed by atoms with van der Waals surface area (Å²) in [6, 6.07) is 14.7. The number of urea groups is 1. The number of hydrogen-bond acceptors (Lipinski definition) is 5. The van der Waals surface area contributed by atoms with Crippen LogP contribution in [0.5, 0.6) is 0 Å². The molecule has 0 radical (unpaired) electrons. The molecule has 2 amide bonds. The Morgan fingerprint density at radius 3 is 2.73 bits per heavy atom. The molecule has 0 saturated carbocycles. The number of thiophene rings is 1. The van der Waals surface area contributed by atoms with Crippen LogP contribution in [-0.2, 0) is 0 Å². The van der Waals surface area contributed by atoms with Gasteiger partial charge in [0.05, 0.1) is 22.2 Å². The molecule has 2 aromatic heterocycles. The van der Waals surface area contributed by atoms with Crippen LogP contribution in [0.2, 0.25) is 5.02 Å². The number of nitrogens with one attached hydrogen (secondary N) is 1. The molecular formula is C24H18ClFN4O2S. The Kier molecular flexibility index (Phi) is 5.47. The van der Waals surface area contributed by atoms with Gasteiger partial charge in [0.15, 0.2) is 0 Å². The lowest BCUT2D eigenvalue weighted by Gasteiger charge is -2.35. The van der Waals surface area contributed by atoms with Crippen LogP contribution in [0.25, 0.3) is 16.3 Å². The minimum Gasteiger partial charge on any atom is -0.334 e. The Morgan fingerprint density at radius 1 is 1.15 bits per heavy atom. The number of carbonyl (C=O) groups excluding carboxylic acids is 1. The Hall–Kier alpha value is -3.49. The fraction of sp³-hybridized carbons (Fsp3) is 0.125. The highest BCUT2D eigenvalue weighted by molar-refractivity contribution is 7.13. The molecule has 9 heteroatoms. The summed E-state index contributed by atoms with van der Waals surface area (Å²) in [6.45, 7) is 3.45. The Balaban J connectivity index is 1.68. The number of aryl methyl sites for hydroxylation is 1. The van der Waals surface area contributed by atoms with Gasteiger partial charge in [0, 0.05) is 10.7 Å². The second-order valence-corrected chi connectivity index (χ2v) is 8.99. The lowest BCUT2D eigenvalue weighted by molar-refractivity contribution is 0.244. The standard InChI is InChI=1S/C24H18ClFN4O2S/c1-13-8-9-17(12-18(13)26)30-14(2)20(23-28-22(29-32-23)19-7-4-10-33-19)21(27-24(30)31)15-5-3-6-16(25)11-15/h3-12,21H,1-2H3,(H,27,31). The minimum absolute atomic E-state index is 0.262. The van der Waals surface area contributed by atoms with Crippen molar-refractivity contribution >= 4 is 40.2 Å². The van der Waals surface area contributed by atoms with Gasteiger partial charge in [0.25, 0.3) is 5.89 Å². The molecule has 4 aromatic rings. The number of nitrogens with zero attached hydrogens (tertiary/aromatic N) is 3. The fourth-order valence-corrected chi connectivity index (χ4v) is 4.67. The quantitative estimate of drug-likeness (QED) is 0.357. The van der Waals surface area contributed by atoms with Crippen LogP contribution >= 0.6 is 22.9 Å². The van der Waals surface area contributed by atoms with Gasteiger partial charge in [-0.3, -0.25) is 4.90 Å². The van der Waals surface area contributed by atoms with E-state index in [1.54, 1.807) is 38.1 Å². The van der Waals surface area contributed by atoms with E-state index in [9.17, 15) is 9.18 Å². The predicted octanol–water partition coefficient (Wildman–Crippen LogP) is 6.60. The molecule has 5 rings (SSSR count). The Labute approximate surface area is 198 Å². The number of aromatic nitrogens is 2. The number of amides is 2. The van der Waals surface area contributed by atoms with Gasteiger partial charge in [-0.2, -0.15) is 4.98 Å². The normalized spacial score (nSPS) is 16.3. The van der Waals surface area contributed by atoms with E-state index >= 15 is 0 Å². The molecule has 1 aliphatic rings. The molecule has 166 valence electrons. The van der Waals surface area contributed by atoms with Gasteiger partial charge < -0.3 is 9.84 Å². The van der Waals surface area contributed by atoms with Gasteiger partial charge in [0.1, 0.15) is 5.82 Å². The average molecular weight is 481 g/mol. The SMILES string of the molecule is CC1=C(c2nc(-c3cccs3)no2)C(c2cccc(Cl)c2)NC(=O)N1c1ccc(C)c(F)c1. The summed E-state index contributed by atoms with van der Waals surface area (Å²) < 4.78 is 20.0. The molecular weight excluding hydrogens is 463 g/mol. The first-order valence-corrected chi connectivity index (χ1v) is 11.4. The minimum atomic E-state index is -0.584. The van der Waals surface area contributed by atoms with Crippen molar-refractivity contribution in [3.63, 3.8) is 0 Å². The van der Waals surface area contributed by atoms with Crippen molar-refractivity contribution in [2.24, 2.45) is 0 Å². The summed E-state index contributed by atoms with van der Waals surface area (Å²) in [6.07, 6.45) is 0. The molecule has 0 fully saturated rings. The Bertz CT molecular complexity index is 1380. The third-order valence-electron chi connectivity index (χ3n) is 5.48. The number of benzene rings is 2. The molecule has 0 saturated heterocycles. The smallest absolute Gasteiger partial charge is 0.327 e. The first kappa shape index (κ1) is 21.4. The van der Waals surface area contributed by atoms with Crippen LogP contribution in [0, 0.1) is 12.7 Å². The maximum Gasteiger partial charge on any atom is 0.327 e. The second-order valence-electron chi connectivity index (χ2n) is 7.61. The number of carbonyl (C=O) groups is 1. The number of anilines is 1. The zero-order valence-corrected chi connectivity index (χ0v) is 19.2. The highest BCUT2D eigenvalue weighted by atomic mass is 35.5. The van der Waals surface area contributed by atoms with Crippen LogP contribution in [-0.4, -0.2) is 16.2 Å². The third-order valence-corrected chi connectivity index (χ3v) is 6.58. The summed E-state index contributed by atoms with van der Waals surface area (Å²) in [4.78, 5) is 20.1. The van der Waals surface area contributed by atoms with Gasteiger partial charge >= 0.3 is 6.03 Å². The first-order chi connectivity index (χ1) is 15.9. The van der Waals surface area contributed by atoms with Crippen molar-refractivity contribution in [1.29, 1.82) is 0 Å². The van der Waals surface area contributed by atoms with Crippen LogP contribution in [0.15, 0.2) is 70.2 Å². The third kappa shape index (κ3) is 3.92. The van der Waals surface area contributed by atoms with E-state index in [1.807, 2.05) is 29.6 Å². The van der Waals surface area contributed by atoms with Gasteiger partial charge in [-0.15, -0.1) is 11.3 Å². The van der Waals surface area contributed by atoms with Gasteiger partial charge in [-0.25, -0.2) is 9.18 Å². The predicted molar refractivity (Wildman–Crippen MR) is 127 cm³/mol. The molecule has 33 heavy (non-hydrogen) atoms. The molecule has 0 bridgehead atoms. The first-order valence-electron chi connectivity index (χ1n) is 10.1. The van der Waals surface area contributed by atoms with Crippen molar-refractivity contribution in [1.82, 2.24) is 15.5 Å². The van der Waals surface area contributed by atoms with E-state index in [0.29, 0.717) is 33.4 Å². The number of rotatable bonds is 4. The van der Waals surface area contributed by atoms with Crippen LogP contribution in [0.3, 0.4) is 0 Å². The van der Waals surface area contributed by atoms with Gasteiger partial charge in [-0.1, -0.05) is 41.0 Å². The molecule has 0 spiro atoms. The summed E-state index contributed by atoms with van der Waals surface area (Å²) in [5, 5.41) is 9.58. The lowest BCUT2D eigenvalue weighted by atomic mass is 9.94. The van der Waals surface area contributed by atoms with Crippen molar-refractivity contribution in [3.8, 4) is 10.7 Å². The van der Waals surface area contributed by atoms with Crippen molar-refractivity contribution in [2.45, 2.75) is 19.9 Å². The molecule has 6 nitrogen and oxygen atoms in total. The van der Waals surface area contributed by atoms with Crippen molar-refractivity contribution in [3.05, 3.63) is 93.5 Å². The van der Waals surface area contributed by atoms with Crippen LogP contribution < -0.4 is 10.2 Å². The van der Waals surface area contributed by atoms with Gasteiger partial charge in [-0.05, 0) is 60.7 Å². The molecule has 1 aliphatic heterocycles. The monoisotopic (exact) mass is 480 g/mol. The largest absolute Gasteiger partial charge is 0.334 e. The average Bonchev–Trinajstić information content (AvgIpc) is 3.48. The Morgan fingerprint density at radius 2 is 2.00 bits per heavy atom. The molecule has 3 heterocycles. The van der Waals surface area contributed by atoms with E-state index in [4.69, 9.17) is 16.1 Å². The maximum atomic E-state index is 14.3. The number of allylic oxidation sites excluding steroid dienone is 1. The van der Waals surface area contributed by atoms with E-state index in [0.717, 1.165) is 10.4 Å². The number of hydrogen-bond donors (Lipinski definition) is 1. The van der Waals surface area contributed by atoms with Gasteiger partial charge in [0.2, 0.25) is 5.82 Å². The van der Waals surface area contributed by atoms with E-state index in [2.05, 4.69) is 15.5 Å². The maximum absolute atomic E-state index is 14.3. The molecule has 0 aliphatic carbocycles. The molecule has 1 N–H and O–H groups in total. The topological polar surface area (TPSA) is 71.3 Å². The summed E-state index contributed by atoms with van der Waals surface area (Å²) in [5.74, 6) is 0.317. The van der Waals surface area contributed by atoms with Crippen LogP contribution in [0.1, 0.15) is 30.0 Å². The van der Waals surface area contributed by atoms with E-state index in [-0.39, 0.29) is 5.89 Å². The zero-order valence-electron chi connectivity index (χ0n) is 17.7. The van der Waals surface area contributed by atoms with Crippen LogP contribution in [0.4, 0.5) is 14.9 Å². The summed E-state index contributed by atoms with van der Waals surface area (Å²) in [5.41, 5.74) is 2.80. The molecule has 2 aromatic carbocycles. The molecule has 1 unspecified atom stereocenters. The fourth-order valence-electron chi connectivity index (χ4n) is 3.83. The number of halogens is 2. The highest BCUT2D eigenvalue weighted by Crippen LogP contribution is 2.40. The van der Waals surface area contributed by atoms with E-state index < -0.39 is 17.9 Å². The van der Waals surface area contributed by atoms with Crippen molar-refractivity contribution in [2.75, 3.05) is 4.90 Å². The summed E-state index contributed by atoms with van der Waals surface area (Å²) in [7, 11) is 0. The molecule has 1 atom stereocenters. The highest BCUT2D eigenvalue weighted by Gasteiger charge is 2.36. The lowest BCUT2D eigenvalue weighted by Crippen LogP contribution is -2.46. The second kappa shape index (κ2) is 8.46. The summed E-state index contributed by atoms with van der Waals surface area (Å²) >= 11 is 7.72. The van der Waals surface area contributed by atoms with Crippen molar-refractivity contribution < 1.29 is 13.7 Å². The van der Waals surface area contributed by atoms with E-state index in [1.165, 1.54) is 22.3 Å². The zero-order chi connectivity index (χ0) is 23.1.